The van der Waals surface area contributed by atoms with E-state index in [9.17, 15) is 0 Å². The van der Waals surface area contributed by atoms with Crippen molar-refractivity contribution >= 4 is 0 Å². The van der Waals surface area contributed by atoms with Gasteiger partial charge in [0.2, 0.25) is 0 Å². The summed E-state index contributed by atoms with van der Waals surface area (Å²) >= 11 is 0. The first-order chi connectivity index (χ1) is 7.18. The molecule has 1 heterocycles. The number of rotatable bonds is 5. The molecule has 1 aliphatic carbocycles. The minimum Gasteiger partial charge on any atom is -0.307 e. The summed E-state index contributed by atoms with van der Waals surface area (Å²) in [5.41, 5.74) is 0. The summed E-state index contributed by atoms with van der Waals surface area (Å²) in [7, 11) is 0. The van der Waals surface area contributed by atoms with Gasteiger partial charge in [0.15, 0.2) is 0 Å². The van der Waals surface area contributed by atoms with Crippen molar-refractivity contribution in [3.05, 3.63) is 12.2 Å². The van der Waals surface area contributed by atoms with Gasteiger partial charge in [0.05, 0.1) is 6.54 Å². The fraction of sp³-hybridized carbons (Fsp3) is 0.818. The summed E-state index contributed by atoms with van der Waals surface area (Å²) in [6.45, 7) is 7.34. The van der Waals surface area contributed by atoms with Gasteiger partial charge in [-0.1, -0.05) is 0 Å². The zero-order chi connectivity index (χ0) is 10.8. The molecular formula is C11H20N4. The summed E-state index contributed by atoms with van der Waals surface area (Å²) in [5, 5.41) is 7.74. The Labute approximate surface area is 91.1 Å². The Morgan fingerprint density at radius 3 is 2.80 bits per heavy atom. The summed E-state index contributed by atoms with van der Waals surface area (Å²) in [5.74, 6) is 1.93. The van der Waals surface area contributed by atoms with Crippen LogP contribution in [-0.4, -0.2) is 20.8 Å². The van der Waals surface area contributed by atoms with Crippen LogP contribution in [0.5, 0.6) is 0 Å². The van der Waals surface area contributed by atoms with E-state index in [0.29, 0.717) is 12.1 Å². The fourth-order valence-corrected chi connectivity index (χ4v) is 1.85. The lowest BCUT2D eigenvalue weighted by molar-refractivity contribution is 0.449. The Morgan fingerprint density at radius 2 is 2.20 bits per heavy atom. The maximum atomic E-state index is 4.28. The molecule has 1 fully saturated rings. The van der Waals surface area contributed by atoms with Gasteiger partial charge in [-0.05, 0) is 39.5 Å². The number of hydrogen-bond acceptors (Lipinski definition) is 3. The molecule has 1 N–H and O–H groups in total. The summed E-state index contributed by atoms with van der Waals surface area (Å²) in [6.07, 6.45) is 4.40. The lowest BCUT2D eigenvalue weighted by Gasteiger charge is -2.14. The lowest BCUT2D eigenvalue weighted by Crippen LogP contribution is -2.29. The van der Waals surface area contributed by atoms with Crippen LogP contribution in [0.1, 0.15) is 45.5 Å². The number of hydrogen-bond donors (Lipinski definition) is 1. The molecule has 0 amide bonds. The van der Waals surface area contributed by atoms with Gasteiger partial charge in [0.1, 0.15) is 12.2 Å². The topological polar surface area (TPSA) is 42.7 Å². The first kappa shape index (κ1) is 10.6. The van der Waals surface area contributed by atoms with Crippen LogP contribution in [0.25, 0.3) is 0 Å². The van der Waals surface area contributed by atoms with E-state index in [1.807, 2.05) is 4.68 Å². The molecule has 1 aliphatic rings. The predicted octanol–water partition coefficient (Wildman–Crippen LogP) is 1.75. The van der Waals surface area contributed by atoms with Gasteiger partial charge in [0, 0.05) is 12.1 Å². The maximum Gasteiger partial charge on any atom is 0.141 e. The van der Waals surface area contributed by atoms with Crippen LogP contribution in [0.2, 0.25) is 0 Å². The van der Waals surface area contributed by atoms with Gasteiger partial charge in [0.25, 0.3) is 0 Å². The quantitative estimate of drug-likeness (QED) is 0.801. The molecular weight excluding hydrogens is 188 g/mol. The molecule has 0 radical (unpaired) electrons. The van der Waals surface area contributed by atoms with Gasteiger partial charge in [-0.2, -0.15) is 5.10 Å². The predicted molar refractivity (Wildman–Crippen MR) is 59.4 cm³/mol. The monoisotopic (exact) mass is 208 g/mol. The normalized spacial score (nSPS) is 18.4. The van der Waals surface area contributed by atoms with E-state index in [2.05, 4.69) is 36.2 Å². The molecule has 0 aliphatic heterocycles. The molecule has 15 heavy (non-hydrogen) atoms. The third-order valence-electron chi connectivity index (χ3n) is 3.05. The average molecular weight is 208 g/mol. The fourth-order valence-electron chi connectivity index (χ4n) is 1.85. The third kappa shape index (κ3) is 2.56. The Kier molecular flexibility index (Phi) is 3.05. The van der Waals surface area contributed by atoms with Crippen molar-refractivity contribution in [1.82, 2.24) is 20.1 Å². The van der Waals surface area contributed by atoms with Crippen LogP contribution in [0.3, 0.4) is 0 Å². The van der Waals surface area contributed by atoms with Gasteiger partial charge >= 0.3 is 0 Å². The number of aromatic nitrogens is 3. The molecule has 1 saturated carbocycles. The van der Waals surface area contributed by atoms with Crippen molar-refractivity contribution in [2.75, 3.05) is 0 Å². The lowest BCUT2D eigenvalue weighted by atomic mass is 10.2. The van der Waals surface area contributed by atoms with Gasteiger partial charge < -0.3 is 5.32 Å². The largest absolute Gasteiger partial charge is 0.307 e. The van der Waals surface area contributed by atoms with E-state index in [1.165, 1.54) is 12.8 Å². The standard InChI is InChI=1S/C11H20N4/c1-8(2)15-11(13-7-14-15)6-12-9(3)10-4-5-10/h7-10,12H,4-6H2,1-3H3. The Balaban J connectivity index is 1.89. The summed E-state index contributed by atoms with van der Waals surface area (Å²) < 4.78 is 1.98. The summed E-state index contributed by atoms with van der Waals surface area (Å²) in [6, 6.07) is 1.00. The first-order valence-corrected chi connectivity index (χ1v) is 5.80. The third-order valence-corrected chi connectivity index (χ3v) is 3.05. The van der Waals surface area contributed by atoms with Crippen LogP contribution in [0.15, 0.2) is 6.33 Å². The maximum absolute atomic E-state index is 4.28. The molecule has 0 aromatic carbocycles. The second-order valence-electron chi connectivity index (χ2n) is 4.72. The molecule has 1 aromatic rings. The highest BCUT2D eigenvalue weighted by atomic mass is 15.4. The van der Waals surface area contributed by atoms with Gasteiger partial charge in [-0.15, -0.1) is 0 Å². The SMILES string of the molecule is CC(NCc1ncnn1C(C)C)C1CC1. The van der Waals surface area contributed by atoms with E-state index in [4.69, 9.17) is 0 Å². The van der Waals surface area contributed by atoms with Crippen LogP contribution in [0, 0.1) is 5.92 Å². The highest BCUT2D eigenvalue weighted by Crippen LogP contribution is 2.32. The van der Waals surface area contributed by atoms with E-state index < -0.39 is 0 Å². The van der Waals surface area contributed by atoms with Crippen LogP contribution in [-0.2, 0) is 6.54 Å². The van der Waals surface area contributed by atoms with Gasteiger partial charge in [-0.3, -0.25) is 0 Å². The van der Waals surface area contributed by atoms with Gasteiger partial charge in [-0.25, -0.2) is 9.67 Å². The zero-order valence-electron chi connectivity index (χ0n) is 9.77. The van der Waals surface area contributed by atoms with Crippen molar-refractivity contribution in [2.24, 2.45) is 5.92 Å². The Morgan fingerprint density at radius 1 is 1.47 bits per heavy atom. The molecule has 1 unspecified atom stereocenters. The van der Waals surface area contributed by atoms with Crippen molar-refractivity contribution in [3.63, 3.8) is 0 Å². The zero-order valence-corrected chi connectivity index (χ0v) is 9.77. The minimum absolute atomic E-state index is 0.389. The molecule has 4 nitrogen and oxygen atoms in total. The van der Waals surface area contributed by atoms with Crippen molar-refractivity contribution in [2.45, 2.75) is 52.2 Å². The Bertz CT molecular complexity index is 314. The smallest absolute Gasteiger partial charge is 0.141 e. The average Bonchev–Trinajstić information content (AvgIpc) is 2.93. The number of nitrogens with zero attached hydrogens (tertiary/aromatic N) is 3. The van der Waals surface area contributed by atoms with E-state index in [0.717, 1.165) is 18.3 Å². The molecule has 84 valence electrons. The van der Waals surface area contributed by atoms with Crippen molar-refractivity contribution in [1.29, 1.82) is 0 Å². The Hall–Kier alpha value is -0.900. The van der Waals surface area contributed by atoms with Crippen LogP contribution >= 0.6 is 0 Å². The van der Waals surface area contributed by atoms with Crippen molar-refractivity contribution < 1.29 is 0 Å². The number of nitrogens with one attached hydrogen (secondary N) is 1. The molecule has 1 atom stereocenters. The van der Waals surface area contributed by atoms with E-state index in [-0.39, 0.29) is 0 Å². The van der Waals surface area contributed by atoms with Crippen LogP contribution in [0.4, 0.5) is 0 Å². The first-order valence-electron chi connectivity index (χ1n) is 5.80. The summed E-state index contributed by atoms with van der Waals surface area (Å²) in [4.78, 5) is 4.28. The molecule has 0 bridgehead atoms. The highest BCUT2D eigenvalue weighted by molar-refractivity contribution is 4.89. The molecule has 2 rings (SSSR count). The second kappa shape index (κ2) is 4.31. The molecule has 4 heteroatoms. The highest BCUT2D eigenvalue weighted by Gasteiger charge is 2.27. The van der Waals surface area contributed by atoms with E-state index >= 15 is 0 Å². The second-order valence-corrected chi connectivity index (χ2v) is 4.72. The van der Waals surface area contributed by atoms with Crippen LogP contribution < -0.4 is 5.32 Å². The molecule has 1 aromatic heterocycles. The molecule has 0 spiro atoms. The van der Waals surface area contributed by atoms with E-state index in [1.54, 1.807) is 6.33 Å². The van der Waals surface area contributed by atoms with Crippen molar-refractivity contribution in [3.8, 4) is 0 Å². The molecule has 0 saturated heterocycles. The minimum atomic E-state index is 0.389.